The van der Waals surface area contributed by atoms with Crippen LogP contribution in [0.1, 0.15) is 312 Å². The average molecular weight is 1040 g/mol. The van der Waals surface area contributed by atoms with Gasteiger partial charge in [-0.25, -0.2) is 0 Å². The van der Waals surface area contributed by atoms with Crippen LogP contribution in [0.2, 0.25) is 0 Å². The molecule has 4 atom stereocenters. The van der Waals surface area contributed by atoms with E-state index >= 15 is 0 Å². The summed E-state index contributed by atoms with van der Waals surface area (Å²) in [5.74, 6) is 1.87. The molecule has 0 saturated heterocycles. The Kier molecular flexibility index (Phi) is 49.4. The molecule has 0 aromatic rings. The lowest BCUT2D eigenvalue weighted by Crippen LogP contribution is -2.43. The smallest absolute Gasteiger partial charge is 0.159 e. The number of ether oxygens (including phenoxy) is 4. The molecule has 0 aliphatic rings. The van der Waals surface area contributed by atoms with Crippen LogP contribution < -0.4 is 0 Å². The number of thiocarbonyl (C=S) groups is 4. The fraction of sp³-hybridized carbons (Fsp3) is 0.934. The van der Waals surface area contributed by atoms with Gasteiger partial charge in [-0.3, -0.25) is 0 Å². The zero-order valence-electron chi connectivity index (χ0n) is 47.2. The molecule has 0 N–H and O–H groups in total. The van der Waals surface area contributed by atoms with Gasteiger partial charge in [-0.05, 0) is 72.5 Å². The Labute approximate surface area is 453 Å². The highest BCUT2D eigenvalue weighted by molar-refractivity contribution is 7.80. The maximum atomic E-state index is 6.58. The first-order chi connectivity index (χ1) is 33.4. The van der Waals surface area contributed by atoms with Crippen LogP contribution in [0.25, 0.3) is 0 Å². The number of hydrogen-bond donors (Lipinski definition) is 0. The van der Waals surface area contributed by atoms with Crippen molar-refractivity contribution in [3.05, 3.63) is 0 Å². The highest BCUT2D eigenvalue weighted by atomic mass is 32.1. The van der Waals surface area contributed by atoms with Crippen molar-refractivity contribution >= 4 is 69.1 Å². The Morgan fingerprint density at radius 3 is 0.609 bits per heavy atom. The largest absolute Gasteiger partial charge is 0.486 e. The second kappa shape index (κ2) is 49.8. The second-order valence-corrected chi connectivity index (χ2v) is 24.3. The van der Waals surface area contributed by atoms with Crippen molar-refractivity contribution in [3.63, 3.8) is 0 Å². The van der Waals surface area contributed by atoms with E-state index in [4.69, 9.17) is 67.8 Å². The Balaban J connectivity index is 5.85. The van der Waals surface area contributed by atoms with Gasteiger partial charge in [0, 0.05) is 25.7 Å². The molecule has 408 valence electrons. The molecule has 0 heterocycles. The lowest BCUT2D eigenvalue weighted by molar-refractivity contribution is -0.0171. The van der Waals surface area contributed by atoms with Gasteiger partial charge in [0.1, 0.15) is 31.8 Å². The summed E-state index contributed by atoms with van der Waals surface area (Å²) in [5, 5.41) is 2.60. The molecule has 0 aromatic heterocycles. The van der Waals surface area contributed by atoms with Crippen LogP contribution in [0.15, 0.2) is 0 Å². The fourth-order valence-electron chi connectivity index (χ4n) is 9.47. The maximum absolute atomic E-state index is 6.58. The summed E-state index contributed by atoms with van der Waals surface area (Å²) in [4.78, 5) is 0. The fourth-order valence-corrected chi connectivity index (χ4v) is 10.8. The lowest BCUT2D eigenvalue weighted by atomic mass is 9.91. The van der Waals surface area contributed by atoms with E-state index in [9.17, 15) is 0 Å². The Bertz CT molecular complexity index is 1010. The predicted molar refractivity (Wildman–Crippen MR) is 321 cm³/mol. The van der Waals surface area contributed by atoms with Crippen LogP contribution in [0, 0.1) is 29.1 Å². The Hall–Kier alpha value is -0.440. The summed E-state index contributed by atoms with van der Waals surface area (Å²) in [5.41, 5.74) is -0.702. The van der Waals surface area contributed by atoms with E-state index in [1.165, 1.54) is 231 Å². The van der Waals surface area contributed by atoms with Crippen molar-refractivity contribution in [2.75, 3.05) is 26.4 Å². The minimum Gasteiger partial charge on any atom is -0.486 e. The average Bonchev–Trinajstić information content (AvgIpc) is 3.31. The molecule has 0 spiro atoms. The zero-order valence-corrected chi connectivity index (χ0v) is 50.5. The van der Waals surface area contributed by atoms with E-state index in [0.29, 0.717) is 70.3 Å². The Morgan fingerprint density at radius 1 is 0.275 bits per heavy atom. The van der Waals surface area contributed by atoms with Gasteiger partial charge in [-0.15, -0.1) is 0 Å². The molecule has 0 amide bonds. The summed E-state index contributed by atoms with van der Waals surface area (Å²) in [6, 6.07) is 0. The molecule has 4 nitrogen and oxygen atoms in total. The summed E-state index contributed by atoms with van der Waals surface area (Å²) < 4.78 is 26.3. The SMILES string of the molecule is CCCCCCCCCCC(C)CC(=S)OCC(COC(=S)CC(C)CCCCCCCCCC)(COC(=S)CC(C)CCCCCCCCCC)COC(=S)CC(C)CCCCCCCCCC. The first-order valence-corrected chi connectivity index (χ1v) is 31.7. The van der Waals surface area contributed by atoms with Crippen molar-refractivity contribution in [3.8, 4) is 0 Å². The maximum Gasteiger partial charge on any atom is 0.159 e. The van der Waals surface area contributed by atoms with Crippen LogP contribution in [-0.2, 0) is 18.9 Å². The van der Waals surface area contributed by atoms with Crippen LogP contribution in [-0.4, -0.2) is 46.6 Å². The van der Waals surface area contributed by atoms with Crippen molar-refractivity contribution < 1.29 is 18.9 Å². The second-order valence-electron chi connectivity index (χ2n) is 22.4. The quantitative estimate of drug-likeness (QED) is 0.0441. The van der Waals surface area contributed by atoms with E-state index in [1.54, 1.807) is 0 Å². The van der Waals surface area contributed by atoms with Gasteiger partial charge < -0.3 is 18.9 Å². The molecular weight excluding hydrogens is 925 g/mol. The van der Waals surface area contributed by atoms with Crippen LogP contribution >= 0.6 is 48.9 Å². The summed E-state index contributed by atoms with van der Waals surface area (Å²) in [6.45, 7) is 19.6. The molecule has 0 saturated carbocycles. The van der Waals surface area contributed by atoms with Gasteiger partial charge in [-0.1, -0.05) is 287 Å². The minimum absolute atomic E-state index is 0.305. The molecule has 0 aliphatic carbocycles. The summed E-state index contributed by atoms with van der Waals surface area (Å²) >= 11 is 23.9. The Morgan fingerprint density at radius 2 is 0.435 bits per heavy atom. The molecule has 69 heavy (non-hydrogen) atoms. The molecular formula is C61H116O4S4. The zero-order chi connectivity index (χ0) is 51.1. The third-order valence-electron chi connectivity index (χ3n) is 14.4. The van der Waals surface area contributed by atoms with Gasteiger partial charge in [0.25, 0.3) is 0 Å². The third-order valence-corrected chi connectivity index (χ3v) is 15.6. The van der Waals surface area contributed by atoms with E-state index < -0.39 is 5.41 Å². The lowest BCUT2D eigenvalue weighted by Gasteiger charge is -2.34. The van der Waals surface area contributed by atoms with Crippen molar-refractivity contribution in [1.82, 2.24) is 0 Å². The monoisotopic (exact) mass is 1040 g/mol. The van der Waals surface area contributed by atoms with Gasteiger partial charge in [0.05, 0.1) is 0 Å². The molecule has 0 bridgehead atoms. The molecule has 0 rings (SSSR count). The van der Waals surface area contributed by atoms with Gasteiger partial charge in [0.15, 0.2) is 20.2 Å². The van der Waals surface area contributed by atoms with Crippen LogP contribution in [0.4, 0.5) is 0 Å². The summed E-state index contributed by atoms with van der Waals surface area (Å²) in [6.07, 6.45) is 50.3. The standard InChI is InChI=1S/C61H116O4S4/c1-9-13-17-21-25-29-33-37-41-53(5)45-57(66)62-49-61(50-63-58(67)46-54(6)42-38-34-30-26-22-18-14-10-2,51-64-59(68)47-55(7)43-39-35-31-27-23-19-15-11-3)52-65-60(69)48-56(8)44-40-36-32-28-24-20-16-12-4/h53-56H,9-52H2,1-8H3. The van der Waals surface area contributed by atoms with Gasteiger partial charge >= 0.3 is 0 Å². The highest BCUT2D eigenvalue weighted by Gasteiger charge is 2.37. The van der Waals surface area contributed by atoms with Crippen LogP contribution in [0.5, 0.6) is 0 Å². The van der Waals surface area contributed by atoms with Crippen molar-refractivity contribution in [2.24, 2.45) is 29.1 Å². The molecule has 0 aromatic carbocycles. The third kappa shape index (κ3) is 45.9. The predicted octanol–water partition coefficient (Wildman–Crippen LogP) is 21.6. The molecule has 8 heteroatoms. The van der Waals surface area contributed by atoms with Crippen molar-refractivity contribution in [2.45, 2.75) is 312 Å². The molecule has 0 aliphatic heterocycles. The topological polar surface area (TPSA) is 36.9 Å². The number of rotatable bonds is 52. The first-order valence-electron chi connectivity index (χ1n) is 30.0. The highest BCUT2D eigenvalue weighted by Crippen LogP contribution is 2.27. The van der Waals surface area contributed by atoms with E-state index in [2.05, 4.69) is 55.4 Å². The number of unbranched alkanes of at least 4 members (excludes halogenated alkanes) is 28. The molecule has 0 radical (unpaired) electrons. The molecule has 4 unspecified atom stereocenters. The summed E-state index contributed by atoms with van der Waals surface area (Å²) in [7, 11) is 0. The van der Waals surface area contributed by atoms with Gasteiger partial charge in [-0.2, -0.15) is 0 Å². The van der Waals surface area contributed by atoms with Crippen molar-refractivity contribution in [1.29, 1.82) is 0 Å². The molecule has 0 fully saturated rings. The minimum atomic E-state index is -0.702. The van der Waals surface area contributed by atoms with Gasteiger partial charge in [0.2, 0.25) is 0 Å². The van der Waals surface area contributed by atoms with E-state index in [-0.39, 0.29) is 0 Å². The van der Waals surface area contributed by atoms with E-state index in [0.717, 1.165) is 25.7 Å². The normalized spacial score (nSPS) is 14.1. The van der Waals surface area contributed by atoms with E-state index in [1.807, 2.05) is 0 Å². The van der Waals surface area contributed by atoms with Crippen LogP contribution in [0.3, 0.4) is 0 Å². The number of hydrogen-bond acceptors (Lipinski definition) is 8. The first kappa shape index (κ1) is 68.6.